The van der Waals surface area contributed by atoms with Crippen LogP contribution in [0.1, 0.15) is 45.4 Å². The molecule has 0 bridgehead atoms. The molecule has 1 spiro atoms. The van der Waals surface area contributed by atoms with Gasteiger partial charge in [-0.15, -0.1) is 0 Å². The van der Waals surface area contributed by atoms with Crippen LogP contribution >= 0.6 is 0 Å². The first-order valence-electron chi connectivity index (χ1n) is 10.7. The van der Waals surface area contributed by atoms with E-state index in [1.165, 1.54) is 0 Å². The Balaban J connectivity index is 1.32. The van der Waals surface area contributed by atoms with E-state index >= 15 is 0 Å². The second kappa shape index (κ2) is 7.48. The van der Waals surface area contributed by atoms with Gasteiger partial charge in [-0.25, -0.2) is 9.18 Å². The van der Waals surface area contributed by atoms with E-state index in [1.807, 2.05) is 0 Å². The number of rotatable bonds is 4. The fraction of sp³-hybridized carbons (Fsp3) is 0.950. The van der Waals surface area contributed by atoms with E-state index in [-0.39, 0.29) is 18.1 Å². The lowest BCUT2D eigenvalue weighted by Gasteiger charge is -2.58. The Morgan fingerprint density at radius 2 is 2.00 bits per heavy atom. The van der Waals surface area contributed by atoms with Crippen molar-refractivity contribution >= 4 is 6.09 Å². The molecule has 154 valence electrons. The fourth-order valence-electron chi connectivity index (χ4n) is 6.63. The highest BCUT2D eigenvalue weighted by molar-refractivity contribution is 5.65. The second-order valence-corrected chi connectivity index (χ2v) is 9.24. The van der Waals surface area contributed by atoms with Crippen molar-refractivity contribution in [2.75, 3.05) is 39.3 Å². The number of aliphatic hydroxyl groups is 1. The molecule has 7 heteroatoms. The second-order valence-electron chi connectivity index (χ2n) is 9.24. The average Bonchev–Trinajstić information content (AvgIpc) is 3.26. The zero-order valence-corrected chi connectivity index (χ0v) is 16.4. The van der Waals surface area contributed by atoms with E-state index in [9.17, 15) is 19.4 Å². The van der Waals surface area contributed by atoms with Gasteiger partial charge in [0.1, 0.15) is 6.17 Å². The van der Waals surface area contributed by atoms with Crippen molar-refractivity contribution in [3.63, 3.8) is 0 Å². The molecule has 2 N–H and O–H groups in total. The number of aliphatic hydroxyl groups excluding tert-OH is 1. The third-order valence-electron chi connectivity index (χ3n) is 8.02. The maximum absolute atomic E-state index is 13.8. The van der Waals surface area contributed by atoms with Crippen molar-refractivity contribution in [3.05, 3.63) is 0 Å². The summed E-state index contributed by atoms with van der Waals surface area (Å²) in [6, 6.07) is 0.959. The number of amides is 1. The summed E-state index contributed by atoms with van der Waals surface area (Å²) in [7, 11) is 0. The number of piperidine rings is 1. The van der Waals surface area contributed by atoms with Gasteiger partial charge in [0, 0.05) is 37.8 Å². The predicted molar refractivity (Wildman–Crippen MR) is 101 cm³/mol. The highest BCUT2D eigenvalue weighted by Gasteiger charge is 2.58. The van der Waals surface area contributed by atoms with Crippen LogP contribution in [0.5, 0.6) is 0 Å². The monoisotopic (exact) mass is 383 g/mol. The molecule has 0 aromatic heterocycles. The standard InChI is InChI=1S/C20H34FN3O3/c1-2-17-18(10-20(17)5-8-23(13-20)19(26)27)22-6-3-15(4-7-22)24-11-14(21)9-16(24)12-25/h14-18,25H,2-13H2,1H3,(H,26,27)/t14-,16-,17?,18?,20?/m1/s1. The molecule has 4 aliphatic rings. The molecule has 1 saturated carbocycles. The van der Waals surface area contributed by atoms with Gasteiger partial charge in [0.25, 0.3) is 0 Å². The SMILES string of the molecule is CCC1C(N2CCC(N3C[C@H](F)C[C@@H]3CO)CC2)CC12CCN(C(=O)O)C2. The van der Waals surface area contributed by atoms with E-state index in [1.54, 1.807) is 4.90 Å². The zero-order valence-electron chi connectivity index (χ0n) is 16.4. The Bertz CT molecular complexity index is 557. The minimum Gasteiger partial charge on any atom is -0.465 e. The van der Waals surface area contributed by atoms with Crippen LogP contribution in [-0.4, -0.2) is 94.6 Å². The van der Waals surface area contributed by atoms with Gasteiger partial charge in [-0.2, -0.15) is 0 Å². The van der Waals surface area contributed by atoms with E-state index in [0.29, 0.717) is 44.1 Å². The summed E-state index contributed by atoms with van der Waals surface area (Å²) in [5, 5.41) is 18.9. The Morgan fingerprint density at radius 1 is 1.26 bits per heavy atom. The highest BCUT2D eigenvalue weighted by Crippen LogP contribution is 2.56. The number of hydrogen-bond acceptors (Lipinski definition) is 4. The zero-order chi connectivity index (χ0) is 19.2. The first-order valence-corrected chi connectivity index (χ1v) is 10.7. The van der Waals surface area contributed by atoms with Gasteiger partial charge in [0.15, 0.2) is 0 Å². The molecule has 6 nitrogen and oxygen atoms in total. The molecule has 0 aromatic carbocycles. The molecule has 1 amide bonds. The normalized spacial score (nSPS) is 41.4. The highest BCUT2D eigenvalue weighted by atomic mass is 19.1. The molecule has 3 heterocycles. The van der Waals surface area contributed by atoms with Gasteiger partial charge in [-0.05, 0) is 56.5 Å². The molecule has 5 atom stereocenters. The number of likely N-dealkylation sites (tertiary alicyclic amines) is 3. The van der Waals surface area contributed by atoms with Crippen LogP contribution in [0.25, 0.3) is 0 Å². The minimum absolute atomic E-state index is 0.00703. The van der Waals surface area contributed by atoms with Crippen LogP contribution in [0.4, 0.5) is 9.18 Å². The molecular weight excluding hydrogens is 349 g/mol. The smallest absolute Gasteiger partial charge is 0.407 e. The van der Waals surface area contributed by atoms with Gasteiger partial charge >= 0.3 is 6.09 Å². The summed E-state index contributed by atoms with van der Waals surface area (Å²) >= 11 is 0. The molecule has 3 aliphatic heterocycles. The Hall–Kier alpha value is -0.920. The van der Waals surface area contributed by atoms with Gasteiger partial charge < -0.3 is 15.1 Å². The largest absolute Gasteiger partial charge is 0.465 e. The topological polar surface area (TPSA) is 67.2 Å². The van der Waals surface area contributed by atoms with Crippen molar-refractivity contribution in [1.82, 2.24) is 14.7 Å². The summed E-state index contributed by atoms with van der Waals surface area (Å²) in [5.74, 6) is 0.589. The molecule has 4 rings (SSSR count). The van der Waals surface area contributed by atoms with Gasteiger partial charge in [0.05, 0.1) is 6.61 Å². The molecule has 1 aliphatic carbocycles. The quantitative estimate of drug-likeness (QED) is 0.778. The number of hydrogen-bond donors (Lipinski definition) is 2. The first-order chi connectivity index (χ1) is 13.0. The lowest BCUT2D eigenvalue weighted by Crippen LogP contribution is -2.62. The van der Waals surface area contributed by atoms with E-state index in [2.05, 4.69) is 16.7 Å². The number of halogens is 1. The van der Waals surface area contributed by atoms with Crippen molar-refractivity contribution in [2.45, 2.75) is 69.7 Å². The lowest BCUT2D eigenvalue weighted by atomic mass is 9.54. The summed E-state index contributed by atoms with van der Waals surface area (Å²) in [6.07, 6.45) is 4.23. The van der Waals surface area contributed by atoms with Crippen molar-refractivity contribution < 1.29 is 19.4 Å². The van der Waals surface area contributed by atoms with Crippen LogP contribution in [0, 0.1) is 11.3 Å². The Labute approximate surface area is 161 Å². The Morgan fingerprint density at radius 3 is 2.59 bits per heavy atom. The molecule has 4 fully saturated rings. The molecule has 0 radical (unpaired) electrons. The minimum atomic E-state index is -0.796. The van der Waals surface area contributed by atoms with E-state index < -0.39 is 12.3 Å². The van der Waals surface area contributed by atoms with Crippen molar-refractivity contribution in [1.29, 1.82) is 0 Å². The van der Waals surface area contributed by atoms with E-state index in [4.69, 9.17) is 0 Å². The molecule has 3 unspecified atom stereocenters. The molecular formula is C20H34FN3O3. The van der Waals surface area contributed by atoms with Gasteiger partial charge in [-0.3, -0.25) is 9.80 Å². The summed E-state index contributed by atoms with van der Waals surface area (Å²) in [5.41, 5.74) is 0.201. The molecule has 0 aromatic rings. The Kier molecular flexibility index (Phi) is 5.38. The van der Waals surface area contributed by atoms with Crippen LogP contribution in [0.15, 0.2) is 0 Å². The van der Waals surface area contributed by atoms with E-state index in [0.717, 1.165) is 45.2 Å². The number of carboxylic acid groups (broad SMARTS) is 1. The van der Waals surface area contributed by atoms with Crippen molar-refractivity contribution in [2.24, 2.45) is 11.3 Å². The first kappa shape index (κ1) is 19.4. The number of nitrogens with zero attached hydrogens (tertiary/aromatic N) is 3. The van der Waals surface area contributed by atoms with Crippen molar-refractivity contribution in [3.8, 4) is 0 Å². The molecule has 27 heavy (non-hydrogen) atoms. The van der Waals surface area contributed by atoms with Crippen LogP contribution in [0.2, 0.25) is 0 Å². The molecule has 3 saturated heterocycles. The maximum atomic E-state index is 13.8. The number of carbonyl (C=O) groups is 1. The van der Waals surface area contributed by atoms with Gasteiger partial charge in [0.2, 0.25) is 0 Å². The summed E-state index contributed by atoms with van der Waals surface area (Å²) in [4.78, 5) is 17.7. The lowest BCUT2D eigenvalue weighted by molar-refractivity contribution is -0.0834. The maximum Gasteiger partial charge on any atom is 0.407 e. The number of alkyl halides is 1. The predicted octanol–water partition coefficient (Wildman–Crippen LogP) is 2.02. The third kappa shape index (κ3) is 3.36. The van der Waals surface area contributed by atoms with Crippen LogP contribution < -0.4 is 0 Å². The summed E-state index contributed by atoms with van der Waals surface area (Å²) < 4.78 is 13.8. The van der Waals surface area contributed by atoms with Gasteiger partial charge in [-0.1, -0.05) is 13.3 Å². The van der Waals surface area contributed by atoms with Crippen LogP contribution in [-0.2, 0) is 0 Å². The average molecular weight is 384 g/mol. The summed E-state index contributed by atoms with van der Waals surface area (Å²) in [6.45, 7) is 6.24. The fourth-order valence-corrected chi connectivity index (χ4v) is 6.63. The van der Waals surface area contributed by atoms with Crippen LogP contribution in [0.3, 0.4) is 0 Å². The third-order valence-corrected chi connectivity index (χ3v) is 8.02.